The van der Waals surface area contributed by atoms with Crippen LogP contribution in [0.3, 0.4) is 0 Å². The molecule has 2 heteroatoms. The number of hydrogen-bond acceptors (Lipinski definition) is 0. The summed E-state index contributed by atoms with van der Waals surface area (Å²) in [4.78, 5) is 0. The Hall–Kier alpha value is -2.48. The van der Waals surface area contributed by atoms with E-state index in [1.54, 1.807) is 4.70 Å². The van der Waals surface area contributed by atoms with E-state index in [9.17, 15) is 5.53 Å². The fourth-order valence-corrected chi connectivity index (χ4v) is 7.75. The fraction of sp³-hybridized carbons (Fsp3) is 0.652. The summed E-state index contributed by atoms with van der Waals surface area (Å²) in [7, 11) is 0. The molecule has 266 valence electrons. The SMILES string of the molecule is CCCCCCCCc1cc(C)cc(C2=C(CCCCC)C(CCCCCCC)=C(c3cc(C)cc(CCCCCCCC)c3)[N+]2=[N-])c1. The van der Waals surface area contributed by atoms with Gasteiger partial charge in [0, 0.05) is 22.3 Å². The first kappa shape index (κ1) is 40.0. The zero-order valence-corrected chi connectivity index (χ0v) is 32.3. The van der Waals surface area contributed by atoms with Crippen molar-refractivity contribution in [3.63, 3.8) is 0 Å². The molecule has 0 N–H and O–H groups in total. The first-order chi connectivity index (χ1) is 23.4. The number of allylic oxidation sites excluding steroid dienone is 2. The third kappa shape index (κ3) is 13.1. The van der Waals surface area contributed by atoms with E-state index in [1.165, 1.54) is 173 Å². The highest BCUT2D eigenvalue weighted by Crippen LogP contribution is 2.45. The molecule has 2 aromatic rings. The topological polar surface area (TPSA) is 25.3 Å². The van der Waals surface area contributed by atoms with Crippen LogP contribution in [-0.4, -0.2) is 4.70 Å². The second-order valence-electron chi connectivity index (χ2n) is 15.0. The molecule has 0 saturated heterocycles. The summed E-state index contributed by atoms with van der Waals surface area (Å²) in [6, 6.07) is 14.2. The second-order valence-corrected chi connectivity index (χ2v) is 15.0. The summed E-state index contributed by atoms with van der Waals surface area (Å²) in [5, 5.41) is 0. The molecule has 0 fully saturated rings. The molecule has 0 amide bonds. The molecule has 0 bridgehead atoms. The van der Waals surface area contributed by atoms with Crippen LogP contribution in [0.2, 0.25) is 0 Å². The van der Waals surface area contributed by atoms with E-state index in [0.29, 0.717) is 0 Å². The maximum atomic E-state index is 12.4. The summed E-state index contributed by atoms with van der Waals surface area (Å²) in [6.07, 6.45) is 30.1. The lowest BCUT2D eigenvalue weighted by Gasteiger charge is -2.13. The van der Waals surface area contributed by atoms with Gasteiger partial charge in [0.25, 0.3) is 0 Å². The lowest BCUT2D eigenvalue weighted by Crippen LogP contribution is -2.04. The minimum Gasteiger partial charge on any atom is -0.493 e. The van der Waals surface area contributed by atoms with Crippen molar-refractivity contribution in [3.05, 3.63) is 86.5 Å². The van der Waals surface area contributed by atoms with Crippen LogP contribution in [0, 0.1) is 13.8 Å². The molecule has 0 aromatic heterocycles. The lowest BCUT2D eigenvalue weighted by atomic mass is 9.90. The third-order valence-electron chi connectivity index (χ3n) is 10.4. The maximum Gasteiger partial charge on any atom is 0.211 e. The van der Waals surface area contributed by atoms with E-state index < -0.39 is 0 Å². The van der Waals surface area contributed by atoms with Crippen LogP contribution in [0.15, 0.2) is 47.5 Å². The molecular weight excluding hydrogens is 581 g/mol. The molecule has 3 rings (SSSR count). The van der Waals surface area contributed by atoms with Gasteiger partial charge in [0.05, 0.1) is 0 Å². The van der Waals surface area contributed by atoms with Crippen LogP contribution in [0.4, 0.5) is 0 Å². The quantitative estimate of drug-likeness (QED) is 0.0714. The highest BCUT2D eigenvalue weighted by Gasteiger charge is 2.35. The number of nitrogens with zero attached hydrogens (tertiary/aromatic N) is 2. The van der Waals surface area contributed by atoms with E-state index >= 15 is 0 Å². The molecule has 1 heterocycles. The Morgan fingerprint density at radius 3 is 1.10 bits per heavy atom. The van der Waals surface area contributed by atoms with Gasteiger partial charge in [-0.3, -0.25) is 0 Å². The van der Waals surface area contributed by atoms with E-state index in [-0.39, 0.29) is 0 Å². The van der Waals surface area contributed by atoms with E-state index in [1.807, 2.05) is 0 Å². The summed E-state index contributed by atoms with van der Waals surface area (Å²) in [5.74, 6) is 0. The van der Waals surface area contributed by atoms with Crippen LogP contribution in [0.1, 0.15) is 202 Å². The Labute approximate surface area is 297 Å². The molecule has 0 aliphatic carbocycles. The molecule has 0 atom stereocenters. The standard InChI is InChI=1S/C46H72N2/c1-7-11-15-18-21-24-27-39-31-37(5)33-41(35-39)45-43(29-23-14-10-4)44(30-26-20-17-13-9-3)46(48(45)47)42-34-38(6)32-40(36-42)28-25-22-19-16-12-8-2/h31-36H,7-30H2,1-6H3. The molecule has 2 nitrogen and oxygen atoms in total. The summed E-state index contributed by atoms with van der Waals surface area (Å²) >= 11 is 0. The molecule has 0 radical (unpaired) electrons. The first-order valence-electron chi connectivity index (χ1n) is 20.6. The predicted molar refractivity (Wildman–Crippen MR) is 211 cm³/mol. The molecule has 0 spiro atoms. The van der Waals surface area contributed by atoms with Crippen LogP contribution < -0.4 is 0 Å². The fourth-order valence-electron chi connectivity index (χ4n) is 7.75. The molecule has 1 aliphatic heterocycles. The number of rotatable bonds is 26. The van der Waals surface area contributed by atoms with Crippen molar-refractivity contribution in [2.45, 2.75) is 196 Å². The average molecular weight is 653 g/mol. The molecule has 48 heavy (non-hydrogen) atoms. The largest absolute Gasteiger partial charge is 0.493 e. The van der Waals surface area contributed by atoms with Crippen LogP contribution in [0.25, 0.3) is 16.9 Å². The smallest absolute Gasteiger partial charge is 0.211 e. The number of aryl methyl sites for hydroxylation is 4. The third-order valence-corrected chi connectivity index (χ3v) is 10.4. The van der Waals surface area contributed by atoms with Crippen molar-refractivity contribution < 1.29 is 4.70 Å². The average Bonchev–Trinajstić information content (AvgIpc) is 3.34. The van der Waals surface area contributed by atoms with Gasteiger partial charge in [-0.05, 0) is 101 Å². The van der Waals surface area contributed by atoms with Crippen molar-refractivity contribution >= 4 is 11.4 Å². The van der Waals surface area contributed by atoms with E-state index in [4.69, 9.17) is 0 Å². The minimum absolute atomic E-state index is 1.03. The Kier molecular flexibility index (Phi) is 19.2. The summed E-state index contributed by atoms with van der Waals surface area (Å²) < 4.78 is 1.63. The Morgan fingerprint density at radius 2 is 0.708 bits per heavy atom. The van der Waals surface area contributed by atoms with Gasteiger partial charge < -0.3 is 5.53 Å². The van der Waals surface area contributed by atoms with Gasteiger partial charge in [0.1, 0.15) is 0 Å². The summed E-state index contributed by atoms with van der Waals surface area (Å²) in [6.45, 7) is 13.7. The van der Waals surface area contributed by atoms with E-state index in [0.717, 1.165) is 37.1 Å². The van der Waals surface area contributed by atoms with Crippen molar-refractivity contribution in [1.82, 2.24) is 0 Å². The minimum atomic E-state index is 1.03. The molecule has 1 aliphatic rings. The normalized spacial score (nSPS) is 13.4. The zero-order chi connectivity index (χ0) is 34.6. The van der Waals surface area contributed by atoms with Crippen LogP contribution in [0.5, 0.6) is 0 Å². The number of unbranched alkanes of at least 4 members (excludes halogenated alkanes) is 16. The zero-order valence-electron chi connectivity index (χ0n) is 32.3. The Morgan fingerprint density at radius 1 is 0.396 bits per heavy atom. The Balaban J connectivity index is 1.99. The van der Waals surface area contributed by atoms with Crippen LogP contribution in [-0.2, 0) is 12.8 Å². The summed E-state index contributed by atoms with van der Waals surface area (Å²) in [5.41, 5.74) is 25.1. The monoisotopic (exact) mass is 653 g/mol. The van der Waals surface area contributed by atoms with Gasteiger partial charge in [-0.2, -0.15) is 0 Å². The van der Waals surface area contributed by atoms with E-state index in [2.05, 4.69) is 77.9 Å². The van der Waals surface area contributed by atoms with Crippen molar-refractivity contribution in [2.75, 3.05) is 0 Å². The molecule has 0 saturated carbocycles. The second kappa shape index (κ2) is 23.0. The molecule has 0 unspecified atom stereocenters. The molecule has 2 aromatic carbocycles. The van der Waals surface area contributed by atoms with Crippen molar-refractivity contribution in [2.24, 2.45) is 0 Å². The van der Waals surface area contributed by atoms with Gasteiger partial charge in [0.2, 0.25) is 11.4 Å². The van der Waals surface area contributed by atoms with Gasteiger partial charge in [-0.25, -0.2) is 4.70 Å². The maximum absolute atomic E-state index is 12.4. The van der Waals surface area contributed by atoms with Gasteiger partial charge in [0.15, 0.2) is 0 Å². The predicted octanol–water partition coefficient (Wildman–Crippen LogP) is 15.2. The van der Waals surface area contributed by atoms with Crippen molar-refractivity contribution in [3.8, 4) is 0 Å². The number of benzene rings is 2. The molecular formula is C46H72N2. The first-order valence-corrected chi connectivity index (χ1v) is 20.6. The van der Waals surface area contributed by atoms with Crippen molar-refractivity contribution in [1.29, 1.82) is 0 Å². The lowest BCUT2D eigenvalue weighted by molar-refractivity contribution is -0.345. The Bertz CT molecular complexity index is 1310. The highest BCUT2D eigenvalue weighted by atomic mass is 15.2. The van der Waals surface area contributed by atoms with Gasteiger partial charge in [-0.1, -0.05) is 154 Å². The van der Waals surface area contributed by atoms with Gasteiger partial charge in [-0.15, -0.1) is 0 Å². The van der Waals surface area contributed by atoms with Crippen LogP contribution >= 0.6 is 0 Å². The highest BCUT2D eigenvalue weighted by molar-refractivity contribution is 5.82. The number of hydrogen-bond donors (Lipinski definition) is 0. The van der Waals surface area contributed by atoms with Gasteiger partial charge >= 0.3 is 0 Å².